The number of hydrogen-bond acceptors (Lipinski definition) is 4. The molecule has 1 aliphatic heterocycles. The number of hydrogen-bond donors (Lipinski definition) is 1. The van der Waals surface area contributed by atoms with Crippen LogP contribution in [0, 0.1) is 0 Å². The molecule has 0 unspecified atom stereocenters. The van der Waals surface area contributed by atoms with Crippen LogP contribution in [0.15, 0.2) is 0 Å². The van der Waals surface area contributed by atoms with Crippen molar-refractivity contribution in [2.45, 2.75) is 0 Å². The lowest BCUT2D eigenvalue weighted by Crippen LogP contribution is -2.29. The molecule has 1 aliphatic rings. The number of nitrogens with zero attached hydrogens (tertiary/aromatic N) is 1. The Morgan fingerprint density at radius 2 is 1.73 bits per heavy atom. The third-order valence-electron chi connectivity index (χ3n) is 1.48. The van der Waals surface area contributed by atoms with Crippen LogP contribution in [0.25, 0.3) is 0 Å². The maximum atomic E-state index is 8.66. The van der Waals surface area contributed by atoms with E-state index in [1.807, 2.05) is 21.6 Å². The van der Waals surface area contributed by atoms with Crippen molar-refractivity contribution >= 4 is 34.0 Å². The number of rotatable bonds is 2. The van der Waals surface area contributed by atoms with Crippen molar-refractivity contribution in [2.24, 2.45) is 0 Å². The fraction of sp³-hybridized carbons (Fsp3) is 1.00. The van der Waals surface area contributed by atoms with Gasteiger partial charge in [-0.05, 0) is 0 Å². The summed E-state index contributed by atoms with van der Waals surface area (Å²) in [6, 6.07) is 0. The molecule has 0 amide bonds. The molecule has 11 heavy (non-hydrogen) atoms. The van der Waals surface area contributed by atoms with Crippen LogP contribution in [0.4, 0.5) is 0 Å². The van der Waals surface area contributed by atoms with Gasteiger partial charge in [-0.15, -0.1) is 12.4 Å². The second-order valence-electron chi connectivity index (χ2n) is 2.21. The molecule has 0 aliphatic carbocycles. The van der Waals surface area contributed by atoms with Gasteiger partial charge in [0.05, 0.1) is 6.61 Å². The van der Waals surface area contributed by atoms with Crippen molar-refractivity contribution in [1.29, 1.82) is 0 Å². The van der Waals surface area contributed by atoms with Gasteiger partial charge in [0.25, 0.3) is 0 Å². The monoisotopic (exact) mass is 215 g/mol. The van der Waals surface area contributed by atoms with Gasteiger partial charge < -0.3 is 5.11 Å². The number of aliphatic hydroxyl groups is 1. The highest BCUT2D eigenvalue weighted by molar-refractivity contribution is 8.76. The Bertz CT molecular complexity index is 88.7. The zero-order valence-electron chi connectivity index (χ0n) is 6.36. The standard InChI is InChI=1S/C6H13NOS2.ClH/c8-4-1-7-2-5-9-10-6-3-7;/h8H,1-6H2;1H. The molecule has 1 heterocycles. The summed E-state index contributed by atoms with van der Waals surface area (Å²) in [5.41, 5.74) is 0. The quantitative estimate of drug-likeness (QED) is 0.697. The summed E-state index contributed by atoms with van der Waals surface area (Å²) in [4.78, 5) is 2.31. The highest BCUT2D eigenvalue weighted by Crippen LogP contribution is 2.23. The fourth-order valence-electron chi connectivity index (χ4n) is 0.927. The summed E-state index contributed by atoms with van der Waals surface area (Å²) in [6.07, 6.45) is 0. The molecule has 0 aromatic carbocycles. The van der Waals surface area contributed by atoms with Gasteiger partial charge in [-0.2, -0.15) is 0 Å². The van der Waals surface area contributed by atoms with Crippen LogP contribution in [0.5, 0.6) is 0 Å². The summed E-state index contributed by atoms with van der Waals surface area (Å²) in [5.74, 6) is 2.40. The number of halogens is 1. The first-order chi connectivity index (χ1) is 4.93. The van der Waals surface area contributed by atoms with Gasteiger partial charge in [0.15, 0.2) is 0 Å². The molecule has 0 saturated carbocycles. The topological polar surface area (TPSA) is 23.5 Å². The van der Waals surface area contributed by atoms with E-state index in [0.29, 0.717) is 6.61 Å². The molecular weight excluding hydrogens is 202 g/mol. The Labute approximate surface area is 81.9 Å². The Balaban J connectivity index is 0.000001000. The molecule has 0 radical (unpaired) electrons. The molecule has 0 bridgehead atoms. The summed E-state index contributed by atoms with van der Waals surface area (Å²) in [5, 5.41) is 8.66. The van der Waals surface area contributed by atoms with Crippen LogP contribution in [-0.4, -0.2) is 47.8 Å². The SMILES string of the molecule is Cl.OCCN1CCSSCC1. The Kier molecular flexibility index (Phi) is 8.18. The lowest BCUT2D eigenvalue weighted by atomic mass is 10.5. The van der Waals surface area contributed by atoms with E-state index in [-0.39, 0.29) is 12.4 Å². The van der Waals surface area contributed by atoms with E-state index in [0.717, 1.165) is 19.6 Å². The van der Waals surface area contributed by atoms with Crippen LogP contribution in [0.3, 0.4) is 0 Å². The summed E-state index contributed by atoms with van der Waals surface area (Å²) < 4.78 is 0. The van der Waals surface area contributed by atoms with Gasteiger partial charge in [-0.1, -0.05) is 21.6 Å². The molecule has 68 valence electrons. The Morgan fingerprint density at radius 1 is 1.18 bits per heavy atom. The van der Waals surface area contributed by atoms with E-state index >= 15 is 0 Å². The maximum absolute atomic E-state index is 8.66. The zero-order valence-corrected chi connectivity index (χ0v) is 8.81. The largest absolute Gasteiger partial charge is 0.395 e. The molecular formula is C6H14ClNOS2. The predicted octanol–water partition coefficient (Wildman–Crippen LogP) is 1.10. The molecule has 0 aromatic heterocycles. The lowest BCUT2D eigenvalue weighted by Gasteiger charge is -2.16. The Hall–Kier alpha value is 0.910. The summed E-state index contributed by atoms with van der Waals surface area (Å²) >= 11 is 0. The van der Waals surface area contributed by atoms with E-state index in [9.17, 15) is 0 Å². The van der Waals surface area contributed by atoms with Crippen LogP contribution < -0.4 is 0 Å². The third kappa shape index (κ3) is 5.20. The van der Waals surface area contributed by atoms with Gasteiger partial charge in [-0.3, -0.25) is 4.90 Å². The van der Waals surface area contributed by atoms with Gasteiger partial charge >= 0.3 is 0 Å². The normalized spacial score (nSPS) is 20.5. The highest BCUT2D eigenvalue weighted by atomic mass is 35.5. The smallest absolute Gasteiger partial charge is 0.0558 e. The minimum atomic E-state index is 0. The number of aliphatic hydroxyl groups excluding tert-OH is 1. The van der Waals surface area contributed by atoms with Crippen molar-refractivity contribution in [1.82, 2.24) is 4.90 Å². The molecule has 1 fully saturated rings. The van der Waals surface area contributed by atoms with E-state index in [4.69, 9.17) is 5.11 Å². The van der Waals surface area contributed by atoms with Crippen molar-refractivity contribution < 1.29 is 5.11 Å². The van der Waals surface area contributed by atoms with Crippen LogP contribution >= 0.6 is 34.0 Å². The van der Waals surface area contributed by atoms with Crippen molar-refractivity contribution in [3.8, 4) is 0 Å². The molecule has 1 rings (SSSR count). The molecule has 0 spiro atoms. The minimum Gasteiger partial charge on any atom is -0.395 e. The van der Waals surface area contributed by atoms with Gasteiger partial charge in [0.1, 0.15) is 0 Å². The fourth-order valence-corrected chi connectivity index (χ4v) is 2.98. The second kappa shape index (κ2) is 7.55. The van der Waals surface area contributed by atoms with E-state index in [2.05, 4.69) is 4.90 Å². The first-order valence-electron chi connectivity index (χ1n) is 3.51. The minimum absolute atomic E-state index is 0. The van der Waals surface area contributed by atoms with E-state index in [1.165, 1.54) is 11.5 Å². The first kappa shape index (κ1) is 11.9. The molecule has 0 aromatic rings. The summed E-state index contributed by atoms with van der Waals surface area (Å²) in [7, 11) is 3.88. The summed E-state index contributed by atoms with van der Waals surface area (Å²) in [6.45, 7) is 3.42. The second-order valence-corrected chi connectivity index (χ2v) is 4.91. The highest BCUT2D eigenvalue weighted by Gasteiger charge is 2.07. The van der Waals surface area contributed by atoms with Crippen LogP contribution in [0.1, 0.15) is 0 Å². The van der Waals surface area contributed by atoms with E-state index in [1.54, 1.807) is 0 Å². The molecule has 0 atom stereocenters. The predicted molar refractivity (Wildman–Crippen MR) is 55.7 cm³/mol. The maximum Gasteiger partial charge on any atom is 0.0558 e. The average molecular weight is 216 g/mol. The van der Waals surface area contributed by atoms with Crippen LogP contribution in [-0.2, 0) is 0 Å². The lowest BCUT2D eigenvalue weighted by molar-refractivity contribution is 0.211. The van der Waals surface area contributed by atoms with Crippen molar-refractivity contribution in [3.63, 3.8) is 0 Å². The van der Waals surface area contributed by atoms with Gasteiger partial charge in [0, 0.05) is 31.1 Å². The van der Waals surface area contributed by atoms with Crippen molar-refractivity contribution in [2.75, 3.05) is 37.7 Å². The third-order valence-corrected chi connectivity index (χ3v) is 3.85. The van der Waals surface area contributed by atoms with Gasteiger partial charge in [0.2, 0.25) is 0 Å². The van der Waals surface area contributed by atoms with Crippen LogP contribution in [0.2, 0.25) is 0 Å². The molecule has 1 N–H and O–H groups in total. The molecule has 2 nitrogen and oxygen atoms in total. The first-order valence-corrected chi connectivity index (χ1v) is 6.00. The Morgan fingerprint density at radius 3 is 2.18 bits per heavy atom. The molecule has 1 saturated heterocycles. The average Bonchev–Trinajstić information content (AvgIpc) is 2.17. The van der Waals surface area contributed by atoms with Gasteiger partial charge in [-0.25, -0.2) is 0 Å². The van der Waals surface area contributed by atoms with Crippen molar-refractivity contribution in [3.05, 3.63) is 0 Å². The van der Waals surface area contributed by atoms with E-state index < -0.39 is 0 Å². The molecule has 5 heteroatoms. The zero-order chi connectivity index (χ0) is 7.23. The number of β-amino-alcohol motifs (C(OH)–C–C–N with tert-alkyl or cyclic N) is 1.